The zero-order chi connectivity index (χ0) is 13.5. The predicted octanol–water partition coefficient (Wildman–Crippen LogP) is 2.29. The molecular formula is C16H23NO2. The summed E-state index contributed by atoms with van der Waals surface area (Å²) in [5.74, 6) is 0.272. The molecule has 2 rings (SSSR count). The standard InChI is InChI=1S/C16H23NO2/c18-12-15(11-13-7-3-1-4-8-13)17-16(19)14-9-5-2-6-10-14/h1,3-4,7-8,14-15,18H,2,5-6,9-12H2,(H,17,19)/t15-/m1/s1. The lowest BCUT2D eigenvalue weighted by atomic mass is 9.88. The van der Waals surface area contributed by atoms with E-state index in [1.54, 1.807) is 0 Å². The molecule has 1 aliphatic carbocycles. The van der Waals surface area contributed by atoms with E-state index in [4.69, 9.17) is 0 Å². The van der Waals surface area contributed by atoms with Crippen LogP contribution >= 0.6 is 0 Å². The topological polar surface area (TPSA) is 49.3 Å². The maximum Gasteiger partial charge on any atom is 0.223 e. The van der Waals surface area contributed by atoms with Crippen molar-refractivity contribution in [2.75, 3.05) is 6.61 Å². The third-order valence-corrected chi connectivity index (χ3v) is 3.87. The minimum atomic E-state index is -0.170. The van der Waals surface area contributed by atoms with Crippen LogP contribution in [0.3, 0.4) is 0 Å². The van der Waals surface area contributed by atoms with Gasteiger partial charge in [0.25, 0.3) is 0 Å². The first-order chi connectivity index (χ1) is 9.29. The average molecular weight is 261 g/mol. The van der Waals surface area contributed by atoms with Gasteiger partial charge in [-0.1, -0.05) is 49.6 Å². The molecule has 104 valence electrons. The summed E-state index contributed by atoms with van der Waals surface area (Å²) in [4.78, 5) is 12.1. The highest BCUT2D eigenvalue weighted by atomic mass is 16.3. The van der Waals surface area contributed by atoms with E-state index in [1.165, 1.54) is 6.42 Å². The molecule has 2 N–H and O–H groups in total. The number of nitrogens with one attached hydrogen (secondary N) is 1. The first-order valence-electron chi connectivity index (χ1n) is 7.24. The largest absolute Gasteiger partial charge is 0.394 e. The second-order valence-corrected chi connectivity index (χ2v) is 5.41. The van der Waals surface area contributed by atoms with Crippen LogP contribution in [0.15, 0.2) is 30.3 Å². The smallest absolute Gasteiger partial charge is 0.223 e. The Balaban J connectivity index is 1.86. The van der Waals surface area contributed by atoms with Crippen molar-refractivity contribution < 1.29 is 9.90 Å². The summed E-state index contributed by atoms with van der Waals surface area (Å²) in [7, 11) is 0. The van der Waals surface area contributed by atoms with Crippen LogP contribution in [0.5, 0.6) is 0 Å². The highest BCUT2D eigenvalue weighted by Crippen LogP contribution is 2.23. The van der Waals surface area contributed by atoms with E-state index in [0.717, 1.165) is 31.2 Å². The Kier molecular flexibility index (Phi) is 5.40. The lowest BCUT2D eigenvalue weighted by Crippen LogP contribution is -2.42. The minimum Gasteiger partial charge on any atom is -0.394 e. The first-order valence-corrected chi connectivity index (χ1v) is 7.24. The second-order valence-electron chi connectivity index (χ2n) is 5.41. The molecular weight excluding hydrogens is 238 g/mol. The molecule has 0 unspecified atom stereocenters. The van der Waals surface area contributed by atoms with Crippen LogP contribution in [0.25, 0.3) is 0 Å². The van der Waals surface area contributed by atoms with Crippen LogP contribution in [0.4, 0.5) is 0 Å². The second kappa shape index (κ2) is 7.29. The number of hydrogen-bond donors (Lipinski definition) is 2. The monoisotopic (exact) mass is 261 g/mol. The third kappa shape index (κ3) is 4.35. The van der Waals surface area contributed by atoms with E-state index in [1.807, 2.05) is 30.3 Å². The van der Waals surface area contributed by atoms with Crippen molar-refractivity contribution in [2.45, 2.75) is 44.6 Å². The fraction of sp³-hybridized carbons (Fsp3) is 0.562. The molecule has 1 atom stereocenters. The van der Waals surface area contributed by atoms with Crippen molar-refractivity contribution in [1.29, 1.82) is 0 Å². The summed E-state index contributed by atoms with van der Waals surface area (Å²) >= 11 is 0. The van der Waals surface area contributed by atoms with Crippen molar-refractivity contribution in [3.8, 4) is 0 Å². The van der Waals surface area contributed by atoms with Gasteiger partial charge in [-0.3, -0.25) is 4.79 Å². The molecule has 0 heterocycles. The molecule has 1 aliphatic rings. The predicted molar refractivity (Wildman–Crippen MR) is 75.7 cm³/mol. The van der Waals surface area contributed by atoms with Crippen molar-refractivity contribution >= 4 is 5.91 Å². The number of benzene rings is 1. The fourth-order valence-electron chi connectivity index (χ4n) is 2.74. The van der Waals surface area contributed by atoms with Gasteiger partial charge < -0.3 is 10.4 Å². The van der Waals surface area contributed by atoms with E-state index >= 15 is 0 Å². The molecule has 3 nitrogen and oxygen atoms in total. The summed E-state index contributed by atoms with van der Waals surface area (Å²) in [5.41, 5.74) is 1.14. The van der Waals surface area contributed by atoms with Crippen LogP contribution in [0, 0.1) is 5.92 Å². The van der Waals surface area contributed by atoms with E-state index in [2.05, 4.69) is 5.32 Å². The molecule has 1 amide bonds. The Bertz CT molecular complexity index is 385. The number of amides is 1. The summed E-state index contributed by atoms with van der Waals surface area (Å²) in [6.45, 7) is -0.00659. The highest BCUT2D eigenvalue weighted by molar-refractivity contribution is 5.79. The van der Waals surface area contributed by atoms with Gasteiger partial charge in [-0.25, -0.2) is 0 Å². The van der Waals surface area contributed by atoms with Gasteiger partial charge in [0.1, 0.15) is 0 Å². The summed E-state index contributed by atoms with van der Waals surface area (Å²) in [6.07, 6.45) is 6.23. The van der Waals surface area contributed by atoms with Crippen molar-refractivity contribution in [1.82, 2.24) is 5.32 Å². The molecule has 0 saturated heterocycles. The van der Waals surface area contributed by atoms with Crippen molar-refractivity contribution in [3.63, 3.8) is 0 Å². The number of rotatable bonds is 5. The van der Waals surface area contributed by atoms with Gasteiger partial charge in [0.2, 0.25) is 5.91 Å². The third-order valence-electron chi connectivity index (χ3n) is 3.87. The van der Waals surface area contributed by atoms with E-state index in [9.17, 15) is 9.90 Å². The number of carbonyl (C=O) groups is 1. The zero-order valence-electron chi connectivity index (χ0n) is 11.3. The molecule has 0 radical (unpaired) electrons. The van der Waals surface area contributed by atoms with Crippen LogP contribution in [0.2, 0.25) is 0 Å². The normalized spacial score (nSPS) is 17.9. The number of aliphatic hydroxyl groups excluding tert-OH is 1. The van der Waals surface area contributed by atoms with Crippen LogP contribution in [-0.4, -0.2) is 23.7 Å². The highest BCUT2D eigenvalue weighted by Gasteiger charge is 2.23. The van der Waals surface area contributed by atoms with Crippen LogP contribution in [0.1, 0.15) is 37.7 Å². The number of carbonyl (C=O) groups excluding carboxylic acids is 1. The Hall–Kier alpha value is -1.35. The summed E-state index contributed by atoms with van der Waals surface area (Å²) in [5, 5.41) is 12.4. The van der Waals surface area contributed by atoms with Gasteiger partial charge in [0, 0.05) is 5.92 Å². The molecule has 0 aliphatic heterocycles. The maximum atomic E-state index is 12.1. The number of aliphatic hydroxyl groups is 1. The zero-order valence-corrected chi connectivity index (χ0v) is 11.3. The lowest BCUT2D eigenvalue weighted by Gasteiger charge is -2.24. The van der Waals surface area contributed by atoms with Gasteiger partial charge in [-0.05, 0) is 24.8 Å². The van der Waals surface area contributed by atoms with Gasteiger partial charge >= 0.3 is 0 Å². The van der Waals surface area contributed by atoms with E-state index in [0.29, 0.717) is 6.42 Å². The molecule has 1 saturated carbocycles. The molecule has 0 spiro atoms. The lowest BCUT2D eigenvalue weighted by molar-refractivity contribution is -0.126. The van der Waals surface area contributed by atoms with Crippen LogP contribution < -0.4 is 5.32 Å². The first kappa shape index (κ1) is 14.1. The molecule has 3 heteroatoms. The van der Waals surface area contributed by atoms with Crippen LogP contribution in [-0.2, 0) is 11.2 Å². The van der Waals surface area contributed by atoms with E-state index < -0.39 is 0 Å². The molecule has 0 bridgehead atoms. The quantitative estimate of drug-likeness (QED) is 0.854. The van der Waals surface area contributed by atoms with Gasteiger partial charge in [0.05, 0.1) is 12.6 Å². The SMILES string of the molecule is O=C(N[C@@H](CO)Cc1ccccc1)C1CCCCC1. The van der Waals surface area contributed by atoms with E-state index in [-0.39, 0.29) is 24.5 Å². The Labute approximate surface area is 115 Å². The molecule has 1 aromatic rings. The average Bonchev–Trinajstić information content (AvgIpc) is 2.48. The van der Waals surface area contributed by atoms with Gasteiger partial charge in [-0.2, -0.15) is 0 Å². The maximum absolute atomic E-state index is 12.1. The summed E-state index contributed by atoms with van der Waals surface area (Å²) in [6, 6.07) is 9.80. The van der Waals surface area contributed by atoms with Gasteiger partial charge in [0.15, 0.2) is 0 Å². The number of hydrogen-bond acceptors (Lipinski definition) is 2. The fourth-order valence-corrected chi connectivity index (χ4v) is 2.74. The molecule has 1 aromatic carbocycles. The van der Waals surface area contributed by atoms with Crippen molar-refractivity contribution in [2.24, 2.45) is 5.92 Å². The summed E-state index contributed by atoms with van der Waals surface area (Å²) < 4.78 is 0. The Morgan fingerprint density at radius 2 is 1.89 bits per heavy atom. The minimum absolute atomic E-state index is 0.00659. The molecule has 1 fully saturated rings. The van der Waals surface area contributed by atoms with Gasteiger partial charge in [-0.15, -0.1) is 0 Å². The van der Waals surface area contributed by atoms with Crippen molar-refractivity contribution in [3.05, 3.63) is 35.9 Å². The Morgan fingerprint density at radius 3 is 2.53 bits per heavy atom. The Morgan fingerprint density at radius 1 is 1.21 bits per heavy atom. The molecule has 0 aromatic heterocycles. The molecule has 19 heavy (non-hydrogen) atoms.